The summed E-state index contributed by atoms with van der Waals surface area (Å²) in [5.41, 5.74) is 6.14. The second-order valence-electron chi connectivity index (χ2n) is 9.09. The molecule has 0 N–H and O–H groups in total. The summed E-state index contributed by atoms with van der Waals surface area (Å²) in [5, 5.41) is 2.50. The summed E-state index contributed by atoms with van der Waals surface area (Å²) in [6.07, 6.45) is 0. The summed E-state index contributed by atoms with van der Waals surface area (Å²) in [7, 11) is 0. The largest absolute Gasteiger partial charge is 0.296 e. The Morgan fingerprint density at radius 1 is 0.800 bits per heavy atom. The molecule has 4 rings (SSSR count). The van der Waals surface area contributed by atoms with Gasteiger partial charge in [-0.3, -0.25) is 4.40 Å². The minimum Gasteiger partial charge on any atom is -0.296 e. The minimum atomic E-state index is 0.0354. The van der Waals surface area contributed by atoms with E-state index in [9.17, 15) is 0 Å². The molecule has 128 valence electrons. The van der Waals surface area contributed by atoms with Gasteiger partial charge in [-0.15, -0.1) is 0 Å². The van der Waals surface area contributed by atoms with Crippen molar-refractivity contribution in [2.24, 2.45) is 0 Å². The van der Waals surface area contributed by atoms with Gasteiger partial charge in [0.15, 0.2) is 0 Å². The number of imidazole rings is 1. The van der Waals surface area contributed by atoms with Crippen molar-refractivity contribution in [3.63, 3.8) is 0 Å². The van der Waals surface area contributed by atoms with Crippen LogP contribution in [0.4, 0.5) is 0 Å². The standard InChI is InChI=1S/C23H26N2/c1-22(2,3)16-11-12-17-15(13-16)14-20(23(4,5)6)25-19-10-8-7-9-18(19)24-21(17)25/h7-14H,1-6H3. The van der Waals surface area contributed by atoms with Crippen molar-refractivity contribution >= 4 is 27.5 Å². The average molecular weight is 330 g/mol. The highest BCUT2D eigenvalue weighted by Gasteiger charge is 2.22. The highest BCUT2D eigenvalue weighted by atomic mass is 15.0. The van der Waals surface area contributed by atoms with Gasteiger partial charge < -0.3 is 0 Å². The first-order valence-electron chi connectivity index (χ1n) is 9.01. The second kappa shape index (κ2) is 5.08. The number of hydrogen-bond donors (Lipinski definition) is 0. The summed E-state index contributed by atoms with van der Waals surface area (Å²) in [4.78, 5) is 4.97. The Morgan fingerprint density at radius 2 is 1.52 bits per heavy atom. The van der Waals surface area contributed by atoms with Crippen molar-refractivity contribution in [2.75, 3.05) is 0 Å². The molecule has 25 heavy (non-hydrogen) atoms. The van der Waals surface area contributed by atoms with E-state index >= 15 is 0 Å². The van der Waals surface area contributed by atoms with Crippen LogP contribution in [0.15, 0.2) is 48.5 Å². The topological polar surface area (TPSA) is 17.3 Å². The van der Waals surface area contributed by atoms with Gasteiger partial charge in [0.25, 0.3) is 0 Å². The summed E-state index contributed by atoms with van der Waals surface area (Å²) in [6, 6.07) is 17.6. The van der Waals surface area contributed by atoms with Gasteiger partial charge in [-0.1, -0.05) is 71.9 Å². The number of aromatic nitrogens is 2. The van der Waals surface area contributed by atoms with Crippen molar-refractivity contribution < 1.29 is 0 Å². The molecule has 0 saturated heterocycles. The Kier molecular flexibility index (Phi) is 3.28. The van der Waals surface area contributed by atoms with Gasteiger partial charge in [-0.2, -0.15) is 0 Å². The summed E-state index contributed by atoms with van der Waals surface area (Å²) >= 11 is 0. The average Bonchev–Trinajstić information content (AvgIpc) is 2.91. The number of para-hydroxylation sites is 2. The molecule has 0 unspecified atom stereocenters. The highest BCUT2D eigenvalue weighted by molar-refractivity contribution is 5.99. The Labute approximate surface area is 149 Å². The predicted molar refractivity (Wildman–Crippen MR) is 108 cm³/mol. The Hall–Kier alpha value is -2.35. The SMILES string of the molecule is CC(C)(C)c1ccc2c(c1)cc(C(C)(C)C)n1c3ccccc3nc21. The predicted octanol–water partition coefficient (Wildman–Crippen LogP) is 6.24. The first-order valence-corrected chi connectivity index (χ1v) is 9.01. The fourth-order valence-corrected chi connectivity index (χ4v) is 3.57. The number of pyridine rings is 1. The lowest BCUT2D eigenvalue weighted by Gasteiger charge is -2.24. The Bertz CT molecular complexity index is 1100. The molecule has 2 heteroatoms. The van der Waals surface area contributed by atoms with Crippen LogP contribution in [0.5, 0.6) is 0 Å². The van der Waals surface area contributed by atoms with E-state index in [1.54, 1.807) is 0 Å². The van der Waals surface area contributed by atoms with Crippen LogP contribution in [-0.2, 0) is 10.8 Å². The highest BCUT2D eigenvalue weighted by Crippen LogP contribution is 2.34. The number of fused-ring (bicyclic) bond motifs is 5. The van der Waals surface area contributed by atoms with Gasteiger partial charge in [-0.05, 0) is 34.6 Å². The van der Waals surface area contributed by atoms with E-state index in [0.717, 1.165) is 11.2 Å². The van der Waals surface area contributed by atoms with Crippen molar-refractivity contribution in [3.8, 4) is 0 Å². The van der Waals surface area contributed by atoms with Gasteiger partial charge in [0.05, 0.1) is 11.0 Å². The van der Waals surface area contributed by atoms with Gasteiger partial charge in [0.1, 0.15) is 5.65 Å². The van der Waals surface area contributed by atoms with Crippen molar-refractivity contribution in [2.45, 2.75) is 52.4 Å². The van der Waals surface area contributed by atoms with Crippen LogP contribution < -0.4 is 0 Å². The molecule has 0 bridgehead atoms. The molecule has 2 heterocycles. The smallest absolute Gasteiger partial charge is 0.146 e. The van der Waals surface area contributed by atoms with Crippen LogP contribution in [0.2, 0.25) is 0 Å². The molecule has 4 aromatic rings. The summed E-state index contributed by atoms with van der Waals surface area (Å²) < 4.78 is 2.34. The van der Waals surface area contributed by atoms with Crippen LogP contribution in [0.1, 0.15) is 52.8 Å². The molecule has 0 fully saturated rings. The number of nitrogens with zero attached hydrogens (tertiary/aromatic N) is 2. The van der Waals surface area contributed by atoms with Gasteiger partial charge in [0.2, 0.25) is 0 Å². The molecular formula is C23H26N2. The lowest BCUT2D eigenvalue weighted by atomic mass is 9.85. The Balaban J connectivity index is 2.21. The van der Waals surface area contributed by atoms with E-state index in [0.29, 0.717) is 0 Å². The Morgan fingerprint density at radius 3 is 2.20 bits per heavy atom. The number of hydrogen-bond acceptors (Lipinski definition) is 1. The van der Waals surface area contributed by atoms with Crippen molar-refractivity contribution in [1.29, 1.82) is 0 Å². The lowest BCUT2D eigenvalue weighted by Crippen LogP contribution is -2.16. The number of benzene rings is 2. The molecule has 2 aromatic heterocycles. The first-order chi connectivity index (χ1) is 11.7. The third kappa shape index (κ3) is 2.52. The van der Waals surface area contributed by atoms with E-state index in [1.165, 1.54) is 27.5 Å². The molecule has 0 radical (unpaired) electrons. The molecule has 2 aromatic carbocycles. The molecule has 0 spiro atoms. The molecule has 0 aliphatic rings. The quantitative estimate of drug-likeness (QED) is 0.373. The molecule has 0 aliphatic heterocycles. The van der Waals surface area contributed by atoms with Crippen LogP contribution in [0, 0.1) is 0 Å². The fourth-order valence-electron chi connectivity index (χ4n) is 3.57. The fraction of sp³-hybridized carbons (Fsp3) is 0.348. The maximum absolute atomic E-state index is 4.97. The molecule has 0 aliphatic carbocycles. The molecule has 0 atom stereocenters. The van der Waals surface area contributed by atoms with Gasteiger partial charge >= 0.3 is 0 Å². The van der Waals surface area contributed by atoms with E-state index in [4.69, 9.17) is 4.98 Å². The van der Waals surface area contributed by atoms with Crippen LogP contribution in [0.25, 0.3) is 27.5 Å². The van der Waals surface area contributed by atoms with E-state index in [2.05, 4.69) is 94.5 Å². The molecular weight excluding hydrogens is 304 g/mol. The van der Waals surface area contributed by atoms with Crippen LogP contribution in [-0.4, -0.2) is 9.38 Å². The molecule has 0 saturated carbocycles. The molecule has 2 nitrogen and oxygen atoms in total. The van der Waals surface area contributed by atoms with Crippen LogP contribution >= 0.6 is 0 Å². The zero-order valence-corrected chi connectivity index (χ0v) is 16.0. The normalized spacial score (nSPS) is 13.2. The maximum Gasteiger partial charge on any atom is 0.146 e. The lowest BCUT2D eigenvalue weighted by molar-refractivity contribution is 0.564. The van der Waals surface area contributed by atoms with Crippen LogP contribution in [0.3, 0.4) is 0 Å². The summed E-state index contributed by atoms with van der Waals surface area (Å²) in [6.45, 7) is 13.6. The zero-order valence-electron chi connectivity index (χ0n) is 16.0. The summed E-state index contributed by atoms with van der Waals surface area (Å²) in [5.74, 6) is 0. The van der Waals surface area contributed by atoms with E-state index in [-0.39, 0.29) is 10.8 Å². The third-order valence-electron chi connectivity index (χ3n) is 5.02. The third-order valence-corrected chi connectivity index (χ3v) is 5.02. The minimum absolute atomic E-state index is 0.0354. The van der Waals surface area contributed by atoms with Gasteiger partial charge in [0, 0.05) is 16.5 Å². The first kappa shape index (κ1) is 16.1. The van der Waals surface area contributed by atoms with Gasteiger partial charge in [-0.25, -0.2) is 4.98 Å². The zero-order chi connectivity index (χ0) is 18.0. The maximum atomic E-state index is 4.97. The number of rotatable bonds is 0. The molecule has 0 amide bonds. The van der Waals surface area contributed by atoms with E-state index in [1.807, 2.05) is 0 Å². The second-order valence-corrected chi connectivity index (χ2v) is 9.09. The van der Waals surface area contributed by atoms with Crippen molar-refractivity contribution in [1.82, 2.24) is 9.38 Å². The van der Waals surface area contributed by atoms with E-state index < -0.39 is 0 Å². The monoisotopic (exact) mass is 330 g/mol. The van der Waals surface area contributed by atoms with Crippen molar-refractivity contribution in [3.05, 3.63) is 59.8 Å².